The number of hydrogen-bond donors (Lipinski definition) is 0. The molecule has 0 N–H and O–H groups in total. The van der Waals surface area contributed by atoms with E-state index in [9.17, 15) is 14.5 Å². The van der Waals surface area contributed by atoms with Crippen LogP contribution >= 0.6 is 25.1 Å². The molecule has 0 amide bonds. The van der Waals surface area contributed by atoms with Crippen LogP contribution in [-0.4, -0.2) is 43.0 Å². The molecule has 0 unspecified atom stereocenters. The Kier molecular flexibility index (Phi) is 5.87. The molecule has 1 aromatic carbocycles. The molecule has 0 fully saturated rings. The van der Waals surface area contributed by atoms with E-state index in [1.165, 1.54) is 12.3 Å². The highest BCUT2D eigenvalue weighted by molar-refractivity contribution is 7.59. The third kappa shape index (κ3) is 4.17. The van der Waals surface area contributed by atoms with Gasteiger partial charge in [-0.1, -0.05) is 17.7 Å². The van der Waals surface area contributed by atoms with Gasteiger partial charge in [-0.25, -0.2) is 4.39 Å². The Labute approximate surface area is 195 Å². The van der Waals surface area contributed by atoms with Crippen molar-refractivity contribution in [2.24, 2.45) is 0 Å². The van der Waals surface area contributed by atoms with Crippen molar-refractivity contribution < 1.29 is 14.1 Å². The molecule has 168 valence electrons. The fourth-order valence-corrected chi connectivity index (χ4v) is 4.45. The molecule has 4 heterocycles. The van der Waals surface area contributed by atoms with Gasteiger partial charge < -0.3 is 14.9 Å². The second kappa shape index (κ2) is 8.34. The topological polar surface area (TPSA) is 86.3 Å². The van der Waals surface area contributed by atoms with Crippen LogP contribution in [0.25, 0.3) is 11.3 Å². The summed E-state index contributed by atoms with van der Waals surface area (Å²) in [5.41, 5.74) is 2.57. The van der Waals surface area contributed by atoms with Crippen LogP contribution in [-0.2, 0) is 19.5 Å². The van der Waals surface area contributed by atoms with Gasteiger partial charge in [0.05, 0.1) is 12.2 Å². The van der Waals surface area contributed by atoms with Gasteiger partial charge in [-0.15, -0.1) is 0 Å². The van der Waals surface area contributed by atoms with Crippen LogP contribution in [0, 0.1) is 15.9 Å². The Morgan fingerprint density at radius 2 is 2.12 bits per heavy atom. The highest BCUT2D eigenvalue weighted by atomic mass is 35.5. The van der Waals surface area contributed by atoms with Crippen molar-refractivity contribution in [1.29, 1.82) is 0 Å². The van der Waals surface area contributed by atoms with E-state index in [1.807, 2.05) is 19.1 Å². The van der Waals surface area contributed by atoms with Crippen LogP contribution in [0.4, 0.5) is 10.2 Å². The average molecular weight is 478 g/mol. The largest absolute Gasteiger partial charge is 0.436 e. The van der Waals surface area contributed by atoms with Crippen molar-refractivity contribution in [2.75, 3.05) is 13.1 Å². The average Bonchev–Trinajstić information content (AvgIpc) is 3.23. The van der Waals surface area contributed by atoms with Crippen molar-refractivity contribution in [3.05, 3.63) is 68.7 Å². The summed E-state index contributed by atoms with van der Waals surface area (Å²) in [5.74, 6) is -0.593. The second-order valence-electron chi connectivity index (χ2n) is 8.21. The van der Waals surface area contributed by atoms with E-state index in [0.29, 0.717) is 35.9 Å². The number of halogens is 2. The molecule has 0 radical (unpaired) electrons. The summed E-state index contributed by atoms with van der Waals surface area (Å²) in [6.45, 7) is 4.62. The summed E-state index contributed by atoms with van der Waals surface area (Å²) >= 11 is 5.85. The Morgan fingerprint density at radius 1 is 1.31 bits per heavy atom. The molecule has 2 aliphatic heterocycles. The number of hydrogen-bond acceptors (Lipinski definition) is 6. The lowest BCUT2D eigenvalue weighted by molar-refractivity contribution is -0.389. The van der Waals surface area contributed by atoms with E-state index in [2.05, 4.69) is 14.9 Å². The smallest absolute Gasteiger partial charge is 0.415 e. The lowest BCUT2D eigenvalue weighted by Gasteiger charge is -2.34. The molecule has 5 rings (SSSR count). The second-order valence-corrected chi connectivity index (χ2v) is 8.64. The number of pyridine rings is 1. The lowest BCUT2D eigenvalue weighted by Crippen LogP contribution is -2.46. The monoisotopic (exact) mass is 477 g/mol. The highest BCUT2D eigenvalue weighted by Crippen LogP contribution is 2.33. The van der Waals surface area contributed by atoms with Crippen LogP contribution in [0.5, 0.6) is 6.01 Å². The van der Waals surface area contributed by atoms with Gasteiger partial charge in [0.2, 0.25) is 0 Å². The maximum absolute atomic E-state index is 14.3. The van der Waals surface area contributed by atoms with E-state index >= 15 is 0 Å². The number of aromatic nitrogens is 3. The van der Waals surface area contributed by atoms with E-state index in [-0.39, 0.29) is 31.1 Å². The molecule has 0 bridgehead atoms. The molecule has 2 aliphatic rings. The number of ether oxygens (including phenoxy) is 1. The van der Waals surface area contributed by atoms with Gasteiger partial charge in [0.25, 0.3) is 0 Å². The number of nitrogens with zero attached hydrogens (tertiary/aromatic N) is 5. The summed E-state index contributed by atoms with van der Waals surface area (Å²) < 4.78 is 21.9. The van der Waals surface area contributed by atoms with Crippen molar-refractivity contribution in [3.8, 4) is 17.3 Å². The zero-order valence-corrected chi connectivity index (χ0v) is 19.0. The first-order valence-electron chi connectivity index (χ1n) is 9.87. The van der Waals surface area contributed by atoms with E-state index < -0.39 is 10.5 Å². The molecular weight excluding hydrogens is 457 g/mol. The predicted molar refractivity (Wildman–Crippen MR) is 122 cm³/mol. The normalized spacial score (nSPS) is 19.6. The minimum atomic E-state index is -0.523. The number of benzene rings is 1. The number of rotatable bonds is 4. The van der Waals surface area contributed by atoms with Gasteiger partial charge in [-0.3, -0.25) is 14.5 Å². The molecule has 0 aliphatic carbocycles. The SMILES string of the molecule is C[C@]1(CN2CCc3nc(-c4ccc(Cl)cc4F)ccc3C2)Cn2cc([N+](=O)[O-])nc2O1.S. The zero-order chi connectivity index (χ0) is 21.8. The van der Waals surface area contributed by atoms with Gasteiger partial charge in [0.1, 0.15) is 17.6 Å². The minimum Gasteiger partial charge on any atom is -0.436 e. The summed E-state index contributed by atoms with van der Waals surface area (Å²) in [7, 11) is 0. The van der Waals surface area contributed by atoms with Crippen LogP contribution < -0.4 is 4.74 Å². The Balaban J connectivity index is 0.00000245. The predicted octanol–water partition coefficient (Wildman–Crippen LogP) is 3.97. The standard InChI is InChI=1S/C21H19ClFN5O3.H2S/c1-21(12-27-10-19(28(29)30)25-20(27)31-21)11-26-7-6-17-13(9-26)2-5-18(24-17)15-4-3-14(22)8-16(15)23;/h2-5,8,10H,6-7,9,11-12H2,1H3;1H2/t21-;/m0./s1. The van der Waals surface area contributed by atoms with E-state index in [1.54, 1.807) is 16.7 Å². The number of nitro groups is 1. The third-order valence-electron chi connectivity index (χ3n) is 5.65. The minimum absolute atomic E-state index is 0. The number of imidazole rings is 1. The molecule has 0 saturated heterocycles. The zero-order valence-electron chi connectivity index (χ0n) is 17.2. The molecule has 0 spiro atoms. The van der Waals surface area contributed by atoms with Gasteiger partial charge in [-0.05, 0) is 41.7 Å². The van der Waals surface area contributed by atoms with Crippen LogP contribution in [0.15, 0.2) is 36.5 Å². The fraction of sp³-hybridized carbons (Fsp3) is 0.333. The molecule has 8 nitrogen and oxygen atoms in total. The first kappa shape index (κ1) is 22.5. The Bertz CT molecular complexity index is 1180. The Hall–Kier alpha value is -2.69. The van der Waals surface area contributed by atoms with Gasteiger partial charge in [-0.2, -0.15) is 13.5 Å². The summed E-state index contributed by atoms with van der Waals surface area (Å²) in [4.78, 5) is 21.3. The van der Waals surface area contributed by atoms with E-state index in [4.69, 9.17) is 16.3 Å². The molecule has 11 heteroatoms. The third-order valence-corrected chi connectivity index (χ3v) is 5.88. The van der Waals surface area contributed by atoms with Crippen LogP contribution in [0.2, 0.25) is 5.02 Å². The fourth-order valence-electron chi connectivity index (χ4n) is 4.29. The van der Waals surface area contributed by atoms with Gasteiger partial charge in [0, 0.05) is 47.3 Å². The first-order valence-corrected chi connectivity index (χ1v) is 10.2. The van der Waals surface area contributed by atoms with Crippen molar-refractivity contribution >= 4 is 30.9 Å². The maximum Gasteiger partial charge on any atom is 0.415 e. The van der Waals surface area contributed by atoms with Crippen molar-refractivity contribution in [2.45, 2.75) is 32.0 Å². The summed E-state index contributed by atoms with van der Waals surface area (Å²) in [5, 5.41) is 11.2. The van der Waals surface area contributed by atoms with Crippen LogP contribution in [0.1, 0.15) is 18.2 Å². The Morgan fingerprint density at radius 3 is 2.84 bits per heavy atom. The van der Waals surface area contributed by atoms with Crippen molar-refractivity contribution in [1.82, 2.24) is 19.4 Å². The molecule has 32 heavy (non-hydrogen) atoms. The molecule has 0 saturated carbocycles. The maximum atomic E-state index is 14.3. The van der Waals surface area contributed by atoms with E-state index in [0.717, 1.165) is 24.2 Å². The lowest BCUT2D eigenvalue weighted by atomic mass is 10.00. The van der Waals surface area contributed by atoms with Gasteiger partial charge >= 0.3 is 11.8 Å². The van der Waals surface area contributed by atoms with Crippen molar-refractivity contribution in [3.63, 3.8) is 0 Å². The molecular formula is C21H21ClFN5O3S. The molecule has 3 aromatic rings. The highest BCUT2D eigenvalue weighted by Gasteiger charge is 2.41. The summed E-state index contributed by atoms with van der Waals surface area (Å²) in [6.07, 6.45) is 2.15. The first-order chi connectivity index (χ1) is 14.8. The number of fused-ring (bicyclic) bond motifs is 2. The molecule has 2 aromatic heterocycles. The molecule has 1 atom stereocenters. The van der Waals surface area contributed by atoms with Gasteiger partial charge in [0.15, 0.2) is 0 Å². The summed E-state index contributed by atoms with van der Waals surface area (Å²) in [6, 6.07) is 8.70. The van der Waals surface area contributed by atoms with Crippen LogP contribution in [0.3, 0.4) is 0 Å². The quantitative estimate of drug-likeness (QED) is 0.417.